The van der Waals surface area contributed by atoms with Crippen LogP contribution in [0.4, 0.5) is 5.69 Å². The summed E-state index contributed by atoms with van der Waals surface area (Å²) in [6, 6.07) is 18.4. The molecule has 1 aliphatic rings. The molecule has 194 valence electrons. The van der Waals surface area contributed by atoms with E-state index in [1.54, 1.807) is 55.5 Å². The molecule has 4 rings (SSSR count). The summed E-state index contributed by atoms with van der Waals surface area (Å²) in [5.41, 5.74) is 5.07. The maximum absolute atomic E-state index is 13.6. The number of hydrogen-bond donors (Lipinski definition) is 1. The van der Waals surface area contributed by atoms with E-state index in [2.05, 4.69) is 10.5 Å². The third-order valence-corrected chi connectivity index (χ3v) is 7.43. The smallest absolute Gasteiger partial charge is 0.264 e. The minimum Gasteiger partial charge on any atom is -0.494 e. The third kappa shape index (κ3) is 6.21. The molecule has 0 unspecified atom stereocenters. The summed E-state index contributed by atoms with van der Waals surface area (Å²) in [4.78, 5) is 12.9. The zero-order chi connectivity index (χ0) is 26.4. The van der Waals surface area contributed by atoms with Crippen LogP contribution in [0.15, 0.2) is 76.7 Å². The third-order valence-electron chi connectivity index (χ3n) is 5.64. The highest BCUT2D eigenvalue weighted by molar-refractivity contribution is 7.92. The Kier molecular flexibility index (Phi) is 7.98. The van der Waals surface area contributed by atoms with Crippen molar-refractivity contribution in [3.8, 4) is 17.2 Å². The van der Waals surface area contributed by atoms with Crippen LogP contribution in [-0.2, 0) is 14.8 Å². The van der Waals surface area contributed by atoms with Crippen molar-refractivity contribution in [2.75, 3.05) is 30.7 Å². The molecule has 37 heavy (non-hydrogen) atoms. The van der Waals surface area contributed by atoms with Crippen molar-refractivity contribution in [3.05, 3.63) is 77.9 Å². The molecule has 9 nitrogen and oxygen atoms in total. The number of rotatable bonds is 9. The molecule has 1 aliphatic heterocycles. The molecule has 1 amide bonds. The van der Waals surface area contributed by atoms with Crippen LogP contribution < -0.4 is 23.9 Å². The monoisotopic (exact) mass is 523 g/mol. The van der Waals surface area contributed by atoms with Crippen LogP contribution >= 0.6 is 0 Å². The van der Waals surface area contributed by atoms with E-state index in [0.29, 0.717) is 48.5 Å². The van der Waals surface area contributed by atoms with E-state index in [1.807, 2.05) is 19.9 Å². The first-order valence-electron chi connectivity index (χ1n) is 11.8. The molecule has 0 aliphatic carbocycles. The predicted molar refractivity (Wildman–Crippen MR) is 141 cm³/mol. The van der Waals surface area contributed by atoms with Crippen LogP contribution in [0.25, 0.3) is 0 Å². The summed E-state index contributed by atoms with van der Waals surface area (Å²) in [6.45, 7) is 6.44. The van der Waals surface area contributed by atoms with Gasteiger partial charge >= 0.3 is 0 Å². The molecule has 0 bridgehead atoms. The Balaban J connectivity index is 1.55. The van der Waals surface area contributed by atoms with Gasteiger partial charge in [0.2, 0.25) is 0 Å². The van der Waals surface area contributed by atoms with Gasteiger partial charge in [0.15, 0.2) is 11.5 Å². The van der Waals surface area contributed by atoms with Gasteiger partial charge in [0.1, 0.15) is 25.5 Å². The molecule has 0 saturated carbocycles. The number of hydrazone groups is 1. The minimum atomic E-state index is -4.06. The Hall–Kier alpha value is -4.05. The fourth-order valence-corrected chi connectivity index (χ4v) is 5.09. The first kappa shape index (κ1) is 26.0. The number of carbonyl (C=O) groups excluding carboxylic acids is 1. The molecule has 3 aromatic rings. The molecule has 0 spiro atoms. The standard InChI is InChI=1S/C27H29N3O6S/c1-4-34-23-10-12-24(13-11-23)37(32,33)30(22-8-5-19(2)6-9-22)18-27(31)29-28-20(3)21-7-14-25-26(17-21)36-16-15-35-25/h5-14,17H,4,15-16,18H2,1-3H3,(H,29,31)/b28-20-. The summed E-state index contributed by atoms with van der Waals surface area (Å²) in [7, 11) is -4.06. The van der Waals surface area contributed by atoms with E-state index >= 15 is 0 Å². The fraction of sp³-hybridized carbons (Fsp3) is 0.259. The quantitative estimate of drug-likeness (QED) is 0.337. The maximum Gasteiger partial charge on any atom is 0.264 e. The predicted octanol–water partition coefficient (Wildman–Crippen LogP) is 3.90. The molecular formula is C27H29N3O6S. The Bertz CT molecular complexity index is 1390. The lowest BCUT2D eigenvalue weighted by Gasteiger charge is -2.24. The van der Waals surface area contributed by atoms with Gasteiger partial charge < -0.3 is 14.2 Å². The van der Waals surface area contributed by atoms with Gasteiger partial charge in [-0.05, 0) is 75.4 Å². The lowest BCUT2D eigenvalue weighted by molar-refractivity contribution is -0.119. The highest BCUT2D eigenvalue weighted by Crippen LogP contribution is 2.31. The Labute approximate surface area is 216 Å². The van der Waals surface area contributed by atoms with E-state index in [1.165, 1.54) is 12.1 Å². The number of fused-ring (bicyclic) bond motifs is 1. The largest absolute Gasteiger partial charge is 0.494 e. The number of nitrogens with one attached hydrogen (secondary N) is 1. The van der Waals surface area contributed by atoms with E-state index in [0.717, 1.165) is 15.4 Å². The summed E-state index contributed by atoms with van der Waals surface area (Å²) < 4.78 is 44.7. The van der Waals surface area contributed by atoms with Gasteiger partial charge in [-0.25, -0.2) is 13.8 Å². The number of sulfonamides is 1. The van der Waals surface area contributed by atoms with Crippen molar-refractivity contribution in [2.45, 2.75) is 25.7 Å². The van der Waals surface area contributed by atoms with Gasteiger partial charge in [0.05, 0.1) is 22.9 Å². The SMILES string of the molecule is CCOc1ccc(S(=O)(=O)N(CC(=O)N/N=C(/C)c2ccc3c(c2)OCCO3)c2ccc(C)cc2)cc1. The summed E-state index contributed by atoms with van der Waals surface area (Å²) in [6.07, 6.45) is 0. The van der Waals surface area contributed by atoms with E-state index < -0.39 is 22.5 Å². The lowest BCUT2D eigenvalue weighted by atomic mass is 10.1. The van der Waals surface area contributed by atoms with Crippen molar-refractivity contribution in [2.24, 2.45) is 5.10 Å². The number of aryl methyl sites for hydroxylation is 1. The molecule has 0 aromatic heterocycles. The molecule has 0 saturated heterocycles. The zero-order valence-corrected chi connectivity index (χ0v) is 21.7. The van der Waals surface area contributed by atoms with Crippen molar-refractivity contribution in [1.29, 1.82) is 0 Å². The van der Waals surface area contributed by atoms with Crippen molar-refractivity contribution in [3.63, 3.8) is 0 Å². The Morgan fingerprint density at radius 2 is 1.68 bits per heavy atom. The fourth-order valence-electron chi connectivity index (χ4n) is 3.67. The second-order valence-corrected chi connectivity index (χ2v) is 10.2. The Morgan fingerprint density at radius 3 is 2.35 bits per heavy atom. The molecule has 10 heteroatoms. The second kappa shape index (κ2) is 11.3. The summed E-state index contributed by atoms with van der Waals surface area (Å²) >= 11 is 0. The second-order valence-electron chi connectivity index (χ2n) is 8.34. The number of carbonyl (C=O) groups is 1. The topological polar surface area (TPSA) is 107 Å². The molecule has 1 heterocycles. The average molecular weight is 524 g/mol. The highest BCUT2D eigenvalue weighted by atomic mass is 32.2. The summed E-state index contributed by atoms with van der Waals surface area (Å²) in [5, 5.41) is 4.17. The van der Waals surface area contributed by atoms with Crippen LogP contribution in [0.2, 0.25) is 0 Å². The van der Waals surface area contributed by atoms with Gasteiger partial charge in [-0.1, -0.05) is 17.7 Å². The molecule has 0 fully saturated rings. The van der Waals surface area contributed by atoms with Crippen LogP contribution in [0.5, 0.6) is 17.2 Å². The van der Waals surface area contributed by atoms with Crippen LogP contribution in [0, 0.1) is 6.92 Å². The van der Waals surface area contributed by atoms with Crippen LogP contribution in [-0.4, -0.2) is 46.4 Å². The first-order chi connectivity index (χ1) is 17.8. The number of anilines is 1. The normalized spacial score (nSPS) is 13.1. The van der Waals surface area contributed by atoms with Crippen molar-refractivity contribution >= 4 is 27.3 Å². The lowest BCUT2D eigenvalue weighted by Crippen LogP contribution is -2.39. The van der Waals surface area contributed by atoms with Crippen LogP contribution in [0.3, 0.4) is 0 Å². The molecule has 3 aromatic carbocycles. The number of amides is 1. The van der Waals surface area contributed by atoms with Crippen molar-refractivity contribution < 1.29 is 27.4 Å². The van der Waals surface area contributed by atoms with Gasteiger partial charge in [-0.2, -0.15) is 5.10 Å². The average Bonchev–Trinajstić information content (AvgIpc) is 2.91. The van der Waals surface area contributed by atoms with Gasteiger partial charge in [0.25, 0.3) is 15.9 Å². The molecular weight excluding hydrogens is 494 g/mol. The van der Waals surface area contributed by atoms with Gasteiger partial charge in [0, 0.05) is 5.56 Å². The number of ether oxygens (including phenoxy) is 3. The maximum atomic E-state index is 13.6. The Morgan fingerprint density at radius 1 is 1.00 bits per heavy atom. The minimum absolute atomic E-state index is 0.0419. The number of nitrogens with zero attached hydrogens (tertiary/aromatic N) is 2. The van der Waals surface area contributed by atoms with Gasteiger partial charge in [-0.3, -0.25) is 9.10 Å². The number of benzene rings is 3. The zero-order valence-electron chi connectivity index (χ0n) is 20.9. The van der Waals surface area contributed by atoms with E-state index in [4.69, 9.17) is 14.2 Å². The number of hydrogen-bond acceptors (Lipinski definition) is 7. The van der Waals surface area contributed by atoms with Crippen molar-refractivity contribution in [1.82, 2.24) is 5.43 Å². The summed E-state index contributed by atoms with van der Waals surface area (Å²) in [5.74, 6) is 1.23. The molecule has 0 radical (unpaired) electrons. The molecule has 0 atom stereocenters. The van der Waals surface area contributed by atoms with Crippen LogP contribution in [0.1, 0.15) is 25.0 Å². The molecule has 1 N–H and O–H groups in total. The first-order valence-corrected chi connectivity index (χ1v) is 13.3. The van der Waals surface area contributed by atoms with E-state index in [-0.39, 0.29) is 4.90 Å². The highest BCUT2D eigenvalue weighted by Gasteiger charge is 2.27. The van der Waals surface area contributed by atoms with E-state index in [9.17, 15) is 13.2 Å². The van der Waals surface area contributed by atoms with Gasteiger partial charge in [-0.15, -0.1) is 0 Å².